The Kier molecular flexibility index (Phi) is 6.99. The zero-order valence-corrected chi connectivity index (χ0v) is 15.0. The molecule has 0 aliphatic rings. The van der Waals surface area contributed by atoms with Crippen molar-refractivity contribution in [3.05, 3.63) is 45.7 Å². The molecule has 0 aliphatic carbocycles. The molecule has 0 saturated carbocycles. The summed E-state index contributed by atoms with van der Waals surface area (Å²) in [4.78, 5) is 9.71. The van der Waals surface area contributed by atoms with Gasteiger partial charge in [-0.2, -0.15) is 0 Å². The molecular weight excluding hydrogens is 327 g/mol. The normalized spacial score (nSPS) is 11.4. The molecule has 0 spiro atoms. The molecular formula is C17H23FN4OS. The van der Waals surface area contributed by atoms with Crippen molar-refractivity contribution in [3.8, 4) is 5.75 Å². The summed E-state index contributed by atoms with van der Waals surface area (Å²) in [7, 11) is 1.71. The summed E-state index contributed by atoms with van der Waals surface area (Å²) < 4.78 is 19.0. The number of benzene rings is 1. The highest BCUT2D eigenvalue weighted by molar-refractivity contribution is 7.11. The fraction of sp³-hybridized carbons (Fsp3) is 0.412. The largest absolute Gasteiger partial charge is 0.491 e. The van der Waals surface area contributed by atoms with E-state index in [0.717, 1.165) is 23.5 Å². The molecule has 7 heteroatoms. The molecule has 2 N–H and O–H groups in total. The zero-order chi connectivity index (χ0) is 17.4. The molecule has 0 saturated heterocycles. The van der Waals surface area contributed by atoms with Crippen LogP contribution in [0, 0.1) is 12.7 Å². The number of guanidine groups is 1. The molecule has 0 fully saturated rings. The number of nitrogens with zero attached hydrogens (tertiary/aromatic N) is 2. The Hall–Kier alpha value is -2.15. The van der Waals surface area contributed by atoms with Gasteiger partial charge in [-0.05, 0) is 31.5 Å². The summed E-state index contributed by atoms with van der Waals surface area (Å²) in [6.07, 6.45) is 2.73. The van der Waals surface area contributed by atoms with Crippen molar-refractivity contribution < 1.29 is 9.13 Å². The molecule has 0 radical (unpaired) electrons. The SMILES string of the molecule is CCOc1ccc(CNC(=NC)NCCc2ncc(C)s2)cc1F. The molecule has 0 bridgehead atoms. The fourth-order valence-electron chi connectivity index (χ4n) is 2.14. The number of ether oxygens (including phenoxy) is 1. The molecule has 130 valence electrons. The lowest BCUT2D eigenvalue weighted by atomic mass is 10.2. The van der Waals surface area contributed by atoms with Gasteiger partial charge in [-0.15, -0.1) is 11.3 Å². The van der Waals surface area contributed by atoms with Crippen molar-refractivity contribution in [2.75, 3.05) is 20.2 Å². The first kappa shape index (κ1) is 18.2. The van der Waals surface area contributed by atoms with E-state index in [1.165, 1.54) is 10.9 Å². The smallest absolute Gasteiger partial charge is 0.191 e. The van der Waals surface area contributed by atoms with Crippen molar-refractivity contribution >= 4 is 17.3 Å². The van der Waals surface area contributed by atoms with Crippen LogP contribution in [0.25, 0.3) is 0 Å². The summed E-state index contributed by atoms with van der Waals surface area (Å²) in [6, 6.07) is 4.97. The van der Waals surface area contributed by atoms with Crippen molar-refractivity contribution in [2.45, 2.75) is 26.8 Å². The predicted molar refractivity (Wildman–Crippen MR) is 96.3 cm³/mol. The molecule has 24 heavy (non-hydrogen) atoms. The number of halogens is 1. The summed E-state index contributed by atoms with van der Waals surface area (Å²) in [5.74, 6) is 0.610. The molecule has 2 rings (SSSR count). The number of aromatic nitrogens is 1. The van der Waals surface area contributed by atoms with E-state index in [2.05, 4.69) is 20.6 Å². The van der Waals surface area contributed by atoms with Crippen LogP contribution in [0.3, 0.4) is 0 Å². The van der Waals surface area contributed by atoms with Gasteiger partial charge in [-0.3, -0.25) is 4.99 Å². The van der Waals surface area contributed by atoms with Gasteiger partial charge in [0.05, 0.1) is 11.6 Å². The Morgan fingerprint density at radius 1 is 1.38 bits per heavy atom. The third kappa shape index (κ3) is 5.49. The molecule has 2 aromatic rings. The van der Waals surface area contributed by atoms with Crippen molar-refractivity contribution in [3.63, 3.8) is 0 Å². The van der Waals surface area contributed by atoms with Gasteiger partial charge in [0.2, 0.25) is 0 Å². The second kappa shape index (κ2) is 9.22. The number of rotatable bonds is 7. The first-order valence-electron chi connectivity index (χ1n) is 7.89. The van der Waals surface area contributed by atoms with Crippen LogP contribution in [-0.2, 0) is 13.0 Å². The molecule has 1 aromatic heterocycles. The Balaban J connectivity index is 1.79. The van der Waals surface area contributed by atoms with Crippen LogP contribution in [0.4, 0.5) is 4.39 Å². The number of hydrogen-bond acceptors (Lipinski definition) is 4. The maximum atomic E-state index is 13.8. The number of aliphatic imine (C=N–C) groups is 1. The zero-order valence-electron chi connectivity index (χ0n) is 14.2. The van der Waals surface area contributed by atoms with Gasteiger partial charge in [0.1, 0.15) is 0 Å². The Morgan fingerprint density at radius 3 is 2.83 bits per heavy atom. The topological polar surface area (TPSA) is 58.5 Å². The summed E-state index contributed by atoms with van der Waals surface area (Å²) in [5.41, 5.74) is 0.828. The van der Waals surface area contributed by atoms with Crippen molar-refractivity contribution in [2.24, 2.45) is 4.99 Å². The monoisotopic (exact) mass is 350 g/mol. The highest BCUT2D eigenvalue weighted by Crippen LogP contribution is 2.18. The van der Waals surface area contributed by atoms with Gasteiger partial charge in [0, 0.05) is 37.6 Å². The van der Waals surface area contributed by atoms with Crippen LogP contribution in [0.5, 0.6) is 5.75 Å². The van der Waals surface area contributed by atoms with Crippen LogP contribution in [-0.4, -0.2) is 31.1 Å². The number of thiazole rings is 1. The van der Waals surface area contributed by atoms with Crippen LogP contribution < -0.4 is 15.4 Å². The molecule has 1 heterocycles. The maximum Gasteiger partial charge on any atom is 0.191 e. The van der Waals surface area contributed by atoms with Crippen LogP contribution in [0.2, 0.25) is 0 Å². The second-order valence-electron chi connectivity index (χ2n) is 5.16. The van der Waals surface area contributed by atoms with E-state index in [1.54, 1.807) is 24.5 Å². The standard InChI is InChI=1S/C17H23FN4OS/c1-4-23-15-6-5-13(9-14(15)18)11-22-17(19-3)20-8-7-16-21-10-12(2)24-16/h5-6,9-10H,4,7-8,11H2,1-3H3,(H2,19,20,22). The van der Waals surface area contributed by atoms with Crippen LogP contribution in [0.1, 0.15) is 22.4 Å². The molecule has 0 atom stereocenters. The van der Waals surface area contributed by atoms with E-state index >= 15 is 0 Å². The van der Waals surface area contributed by atoms with Gasteiger partial charge in [0.15, 0.2) is 17.5 Å². The number of hydrogen-bond donors (Lipinski definition) is 2. The van der Waals surface area contributed by atoms with Crippen LogP contribution >= 0.6 is 11.3 Å². The van der Waals surface area contributed by atoms with Gasteiger partial charge in [0.25, 0.3) is 0 Å². The molecule has 0 unspecified atom stereocenters. The van der Waals surface area contributed by atoms with Gasteiger partial charge in [-0.25, -0.2) is 9.37 Å². The quantitative estimate of drug-likeness (QED) is 0.595. The summed E-state index contributed by atoms with van der Waals surface area (Å²) in [5, 5.41) is 7.50. The molecule has 0 aliphatic heterocycles. The van der Waals surface area contributed by atoms with Crippen molar-refractivity contribution in [1.82, 2.24) is 15.6 Å². The maximum absolute atomic E-state index is 13.8. The van der Waals surface area contributed by atoms with E-state index in [0.29, 0.717) is 19.1 Å². The van der Waals surface area contributed by atoms with E-state index < -0.39 is 0 Å². The lowest BCUT2D eigenvalue weighted by Gasteiger charge is -2.12. The minimum Gasteiger partial charge on any atom is -0.491 e. The highest BCUT2D eigenvalue weighted by atomic mass is 32.1. The average molecular weight is 350 g/mol. The Bertz CT molecular complexity index is 687. The van der Waals surface area contributed by atoms with Gasteiger partial charge < -0.3 is 15.4 Å². The first-order valence-corrected chi connectivity index (χ1v) is 8.71. The Labute approximate surface area is 146 Å². The minimum atomic E-state index is -0.349. The fourth-order valence-corrected chi connectivity index (χ4v) is 2.92. The van der Waals surface area contributed by atoms with Crippen molar-refractivity contribution in [1.29, 1.82) is 0 Å². The third-order valence-electron chi connectivity index (χ3n) is 3.28. The molecule has 1 aromatic carbocycles. The first-order chi connectivity index (χ1) is 11.6. The number of aryl methyl sites for hydroxylation is 1. The summed E-state index contributed by atoms with van der Waals surface area (Å²) >= 11 is 1.70. The summed E-state index contributed by atoms with van der Waals surface area (Å²) in [6.45, 7) is 5.55. The predicted octanol–water partition coefficient (Wildman–Crippen LogP) is 2.90. The molecule has 0 amide bonds. The minimum absolute atomic E-state index is 0.280. The number of nitrogens with one attached hydrogen (secondary N) is 2. The lowest BCUT2D eigenvalue weighted by Crippen LogP contribution is -2.37. The van der Waals surface area contributed by atoms with E-state index in [9.17, 15) is 4.39 Å². The third-order valence-corrected chi connectivity index (χ3v) is 4.25. The second-order valence-corrected chi connectivity index (χ2v) is 6.48. The van der Waals surface area contributed by atoms with Gasteiger partial charge >= 0.3 is 0 Å². The van der Waals surface area contributed by atoms with E-state index in [4.69, 9.17) is 4.74 Å². The van der Waals surface area contributed by atoms with E-state index in [-0.39, 0.29) is 11.6 Å². The van der Waals surface area contributed by atoms with E-state index in [1.807, 2.05) is 26.1 Å². The molecule has 5 nitrogen and oxygen atoms in total. The average Bonchev–Trinajstić information content (AvgIpc) is 2.98. The Morgan fingerprint density at radius 2 is 2.21 bits per heavy atom. The highest BCUT2D eigenvalue weighted by Gasteiger charge is 2.05. The van der Waals surface area contributed by atoms with Crippen LogP contribution in [0.15, 0.2) is 29.4 Å². The van der Waals surface area contributed by atoms with Gasteiger partial charge in [-0.1, -0.05) is 6.07 Å². The lowest BCUT2D eigenvalue weighted by molar-refractivity contribution is 0.321.